The number of carbonyl (C=O) groups is 3. The molecule has 0 aromatic heterocycles. The average Bonchev–Trinajstić information content (AvgIpc) is 2.67. The summed E-state index contributed by atoms with van der Waals surface area (Å²) < 4.78 is 9.77. The summed E-state index contributed by atoms with van der Waals surface area (Å²) in [5.74, 6) is -3.12. The molecular formula is C18H18ClN3O7. The van der Waals surface area contributed by atoms with Crippen molar-refractivity contribution in [1.29, 1.82) is 0 Å². The minimum absolute atomic E-state index is 0.0131. The summed E-state index contributed by atoms with van der Waals surface area (Å²) in [5, 5.41) is 13.3. The van der Waals surface area contributed by atoms with Gasteiger partial charge in [0.05, 0.1) is 22.3 Å². The molecular weight excluding hydrogens is 406 g/mol. The molecule has 1 atom stereocenters. The van der Waals surface area contributed by atoms with Crippen LogP contribution in [0.4, 0.5) is 5.69 Å². The van der Waals surface area contributed by atoms with E-state index < -0.39 is 35.5 Å². The Bertz CT molecular complexity index is 907. The maximum absolute atomic E-state index is 12.6. The summed E-state index contributed by atoms with van der Waals surface area (Å²) >= 11 is 6.05. The second-order valence-corrected chi connectivity index (χ2v) is 6.67. The molecule has 0 unspecified atom stereocenters. The van der Waals surface area contributed by atoms with E-state index in [4.69, 9.17) is 26.8 Å². The third-order valence-electron chi connectivity index (χ3n) is 4.03. The molecule has 1 heterocycles. The van der Waals surface area contributed by atoms with Crippen LogP contribution in [0.5, 0.6) is 0 Å². The van der Waals surface area contributed by atoms with Gasteiger partial charge in [0.2, 0.25) is 6.79 Å². The van der Waals surface area contributed by atoms with E-state index in [2.05, 4.69) is 5.32 Å². The van der Waals surface area contributed by atoms with Crippen molar-refractivity contribution in [3.63, 3.8) is 0 Å². The Morgan fingerprint density at radius 1 is 1.31 bits per heavy atom. The van der Waals surface area contributed by atoms with Crippen LogP contribution in [-0.4, -0.2) is 29.9 Å². The van der Waals surface area contributed by atoms with Gasteiger partial charge >= 0.3 is 11.9 Å². The van der Waals surface area contributed by atoms with Crippen LogP contribution in [-0.2, 0) is 23.9 Å². The molecule has 0 bridgehead atoms. The van der Waals surface area contributed by atoms with Gasteiger partial charge in [0.1, 0.15) is 17.3 Å². The van der Waals surface area contributed by atoms with E-state index in [0.29, 0.717) is 11.8 Å². The van der Waals surface area contributed by atoms with E-state index in [1.165, 1.54) is 24.3 Å². The fourth-order valence-electron chi connectivity index (χ4n) is 2.56. The zero-order valence-electron chi connectivity index (χ0n) is 15.5. The highest BCUT2D eigenvalue weighted by molar-refractivity contribution is 6.31. The second kappa shape index (κ2) is 9.20. The minimum Gasteiger partial charge on any atom is -0.428 e. The number of nitrogens with two attached hydrogens (primary N) is 1. The van der Waals surface area contributed by atoms with E-state index in [0.717, 1.165) is 0 Å². The molecule has 2 rings (SSSR count). The topological polar surface area (TPSA) is 151 Å². The number of allylic oxidation sites excluding steroid dienone is 1. The SMILES string of the molecule is CC(C)C(=O)OCOC(=O)C1=C(N)NC(Cl)=C(C=O)[C@@H]1c1ccc([N+](=O)[O-])cc1. The number of aldehydes is 1. The quantitative estimate of drug-likeness (QED) is 0.167. The van der Waals surface area contributed by atoms with E-state index in [1.807, 2.05) is 0 Å². The summed E-state index contributed by atoms with van der Waals surface area (Å²) in [6.45, 7) is 2.58. The van der Waals surface area contributed by atoms with Crippen LogP contribution in [0, 0.1) is 16.0 Å². The first kappa shape index (κ1) is 21.9. The lowest BCUT2D eigenvalue weighted by atomic mass is 9.83. The smallest absolute Gasteiger partial charge is 0.341 e. The highest BCUT2D eigenvalue weighted by Gasteiger charge is 2.35. The Morgan fingerprint density at radius 3 is 2.45 bits per heavy atom. The fourth-order valence-corrected chi connectivity index (χ4v) is 2.82. The standard InChI is InChI=1S/C18H18ClN3O7/c1-9(2)17(24)28-8-29-18(25)14-13(12(7-23)15(19)21-16(14)20)10-3-5-11(6-4-10)22(26)27/h3-7,9,13,21H,8,20H2,1-2H3/t13-/m0/s1. The van der Waals surface area contributed by atoms with Crippen molar-refractivity contribution in [2.24, 2.45) is 11.7 Å². The predicted molar refractivity (Wildman–Crippen MR) is 101 cm³/mol. The van der Waals surface area contributed by atoms with Crippen molar-refractivity contribution in [1.82, 2.24) is 5.32 Å². The summed E-state index contributed by atoms with van der Waals surface area (Å²) in [4.78, 5) is 46.0. The summed E-state index contributed by atoms with van der Waals surface area (Å²) in [6, 6.07) is 5.19. The number of dihydropyridines is 1. The largest absolute Gasteiger partial charge is 0.428 e. The normalized spacial score (nSPS) is 16.3. The van der Waals surface area contributed by atoms with Gasteiger partial charge in [-0.3, -0.25) is 19.7 Å². The van der Waals surface area contributed by atoms with Crippen LogP contribution in [0.25, 0.3) is 0 Å². The molecule has 1 aliphatic heterocycles. The molecule has 3 N–H and O–H groups in total. The number of nitro benzene ring substituents is 1. The van der Waals surface area contributed by atoms with Gasteiger partial charge in [-0.25, -0.2) is 4.79 Å². The Balaban J connectivity index is 2.35. The fraction of sp³-hybridized carbons (Fsp3) is 0.278. The zero-order valence-corrected chi connectivity index (χ0v) is 16.3. The maximum atomic E-state index is 12.6. The van der Waals surface area contributed by atoms with Crippen molar-refractivity contribution in [2.75, 3.05) is 6.79 Å². The summed E-state index contributed by atoms with van der Waals surface area (Å²) in [6.07, 6.45) is 0.444. The molecule has 11 heteroatoms. The number of nitro groups is 1. The van der Waals surface area contributed by atoms with E-state index in [-0.39, 0.29) is 27.8 Å². The van der Waals surface area contributed by atoms with Crippen molar-refractivity contribution in [2.45, 2.75) is 19.8 Å². The van der Waals surface area contributed by atoms with Crippen LogP contribution in [0.15, 0.2) is 46.4 Å². The molecule has 10 nitrogen and oxygen atoms in total. The zero-order chi connectivity index (χ0) is 21.7. The van der Waals surface area contributed by atoms with E-state index in [1.54, 1.807) is 13.8 Å². The maximum Gasteiger partial charge on any atom is 0.341 e. The van der Waals surface area contributed by atoms with Gasteiger partial charge < -0.3 is 20.5 Å². The van der Waals surface area contributed by atoms with Gasteiger partial charge in [0.15, 0.2) is 0 Å². The van der Waals surface area contributed by atoms with Gasteiger partial charge in [-0.1, -0.05) is 37.6 Å². The first-order valence-corrected chi connectivity index (χ1v) is 8.74. The van der Waals surface area contributed by atoms with Gasteiger partial charge in [0.25, 0.3) is 5.69 Å². The van der Waals surface area contributed by atoms with Crippen LogP contribution in [0.2, 0.25) is 0 Å². The number of halogens is 1. The Morgan fingerprint density at radius 2 is 1.93 bits per heavy atom. The number of nitrogens with one attached hydrogen (secondary N) is 1. The van der Waals surface area contributed by atoms with Crippen LogP contribution in [0.3, 0.4) is 0 Å². The Labute approximate surface area is 170 Å². The number of ether oxygens (including phenoxy) is 2. The number of esters is 2. The molecule has 1 aromatic rings. The van der Waals surface area contributed by atoms with Crippen molar-refractivity contribution in [3.8, 4) is 0 Å². The lowest BCUT2D eigenvalue weighted by Gasteiger charge is -2.27. The first-order chi connectivity index (χ1) is 13.7. The predicted octanol–water partition coefficient (Wildman–Crippen LogP) is 1.80. The molecule has 154 valence electrons. The van der Waals surface area contributed by atoms with Crippen molar-refractivity contribution in [3.05, 3.63) is 62.1 Å². The number of rotatable bonds is 7. The minimum atomic E-state index is -1.03. The van der Waals surface area contributed by atoms with E-state index in [9.17, 15) is 24.5 Å². The number of nitrogens with zero attached hydrogens (tertiary/aromatic N) is 1. The highest BCUT2D eigenvalue weighted by atomic mass is 35.5. The lowest BCUT2D eigenvalue weighted by molar-refractivity contribution is -0.384. The highest BCUT2D eigenvalue weighted by Crippen LogP contribution is 2.38. The van der Waals surface area contributed by atoms with Crippen LogP contribution in [0.1, 0.15) is 25.3 Å². The molecule has 0 aliphatic carbocycles. The monoisotopic (exact) mass is 423 g/mol. The van der Waals surface area contributed by atoms with Gasteiger partial charge in [-0.15, -0.1) is 0 Å². The van der Waals surface area contributed by atoms with Crippen LogP contribution >= 0.6 is 11.6 Å². The van der Waals surface area contributed by atoms with Crippen LogP contribution < -0.4 is 11.1 Å². The second-order valence-electron chi connectivity index (χ2n) is 6.29. The number of non-ortho nitro benzene ring substituents is 1. The number of hydrogen-bond donors (Lipinski definition) is 2. The summed E-state index contributed by atoms with van der Waals surface area (Å²) in [5.41, 5.74) is 5.91. The van der Waals surface area contributed by atoms with E-state index >= 15 is 0 Å². The Kier molecular flexibility index (Phi) is 6.94. The summed E-state index contributed by atoms with van der Waals surface area (Å²) in [7, 11) is 0. The molecule has 0 fully saturated rings. The number of hydrogen-bond acceptors (Lipinski definition) is 9. The molecule has 0 saturated carbocycles. The first-order valence-electron chi connectivity index (χ1n) is 8.37. The molecule has 0 amide bonds. The molecule has 1 aliphatic rings. The molecule has 29 heavy (non-hydrogen) atoms. The van der Waals surface area contributed by atoms with Crippen molar-refractivity contribution >= 4 is 35.5 Å². The molecule has 0 spiro atoms. The Hall–Kier alpha value is -3.40. The number of benzene rings is 1. The average molecular weight is 424 g/mol. The van der Waals surface area contributed by atoms with Gasteiger partial charge in [-0.2, -0.15) is 0 Å². The molecule has 1 aromatic carbocycles. The number of carbonyl (C=O) groups excluding carboxylic acids is 3. The molecule has 0 saturated heterocycles. The molecule has 0 radical (unpaired) electrons. The lowest BCUT2D eigenvalue weighted by Crippen LogP contribution is -2.34. The van der Waals surface area contributed by atoms with Gasteiger partial charge in [-0.05, 0) is 5.56 Å². The third-order valence-corrected chi connectivity index (χ3v) is 4.35. The van der Waals surface area contributed by atoms with Crippen molar-refractivity contribution < 1.29 is 28.8 Å². The van der Waals surface area contributed by atoms with Gasteiger partial charge in [0, 0.05) is 17.7 Å². The third kappa shape index (κ3) is 4.91.